The van der Waals surface area contributed by atoms with Crippen molar-refractivity contribution in [2.45, 2.75) is 6.92 Å². The zero-order chi connectivity index (χ0) is 9.30. The topological polar surface area (TPSA) is 102 Å². The van der Waals surface area contributed by atoms with Gasteiger partial charge in [-0.25, -0.2) is 0 Å². The molecule has 0 saturated carbocycles. The third-order valence-electron chi connectivity index (χ3n) is 1.76. The minimum absolute atomic E-state index is 0.0442. The summed E-state index contributed by atoms with van der Waals surface area (Å²) in [5.74, 6) is -0.0442. The number of anilines is 2. The normalized spacial score (nSPS) is 9.75. The average Bonchev–Trinajstić information content (AvgIpc) is 1.97. The van der Waals surface area contributed by atoms with Crippen molar-refractivity contribution in [1.29, 1.82) is 5.41 Å². The lowest BCUT2D eigenvalue weighted by atomic mass is 10.0. The van der Waals surface area contributed by atoms with Crippen molar-refractivity contribution in [2.24, 2.45) is 5.73 Å². The molecule has 0 fully saturated rings. The van der Waals surface area contributed by atoms with E-state index in [2.05, 4.69) is 0 Å². The Hall–Kier alpha value is -1.71. The summed E-state index contributed by atoms with van der Waals surface area (Å²) in [5, 5.41) is 7.26. The summed E-state index contributed by atoms with van der Waals surface area (Å²) in [5.41, 5.74) is 18.8. The molecule has 0 bridgehead atoms. The summed E-state index contributed by atoms with van der Waals surface area (Å²) in [6, 6.07) is 3.50. The SMILES string of the molecule is Cc1ccc(N)c(N)c1C(=N)N. The number of benzene rings is 1. The summed E-state index contributed by atoms with van der Waals surface area (Å²) in [6.45, 7) is 1.84. The zero-order valence-corrected chi connectivity index (χ0v) is 6.89. The summed E-state index contributed by atoms with van der Waals surface area (Å²) < 4.78 is 0. The molecule has 1 aromatic rings. The van der Waals surface area contributed by atoms with Crippen LogP contribution in [0.5, 0.6) is 0 Å². The monoisotopic (exact) mass is 164 g/mol. The molecular weight excluding hydrogens is 152 g/mol. The van der Waals surface area contributed by atoms with Gasteiger partial charge in [-0.1, -0.05) is 6.07 Å². The number of aryl methyl sites for hydroxylation is 1. The van der Waals surface area contributed by atoms with E-state index in [1.807, 2.05) is 6.92 Å². The van der Waals surface area contributed by atoms with Crippen LogP contribution in [0.15, 0.2) is 12.1 Å². The Kier molecular flexibility index (Phi) is 1.91. The average molecular weight is 164 g/mol. The zero-order valence-electron chi connectivity index (χ0n) is 6.89. The molecular formula is C8H12N4. The third kappa shape index (κ3) is 1.18. The lowest BCUT2D eigenvalue weighted by Crippen LogP contribution is -2.16. The van der Waals surface area contributed by atoms with E-state index in [0.717, 1.165) is 5.56 Å². The Labute approximate surface area is 70.9 Å². The van der Waals surface area contributed by atoms with Gasteiger partial charge in [0.1, 0.15) is 5.84 Å². The molecule has 1 aromatic carbocycles. The van der Waals surface area contributed by atoms with Crippen molar-refractivity contribution in [3.8, 4) is 0 Å². The molecule has 0 aliphatic carbocycles. The van der Waals surface area contributed by atoms with Crippen LogP contribution in [0.1, 0.15) is 11.1 Å². The third-order valence-corrected chi connectivity index (χ3v) is 1.76. The fraction of sp³-hybridized carbons (Fsp3) is 0.125. The smallest absolute Gasteiger partial charge is 0.125 e. The predicted octanol–water partition coefficient (Wildman–Crippen LogP) is 0.443. The molecule has 0 aliphatic heterocycles. The molecule has 0 aromatic heterocycles. The highest BCUT2D eigenvalue weighted by Crippen LogP contribution is 2.22. The second-order valence-electron chi connectivity index (χ2n) is 2.67. The van der Waals surface area contributed by atoms with Crippen LogP contribution in [0.25, 0.3) is 0 Å². The van der Waals surface area contributed by atoms with Gasteiger partial charge in [0.15, 0.2) is 0 Å². The number of nitrogens with two attached hydrogens (primary N) is 3. The summed E-state index contributed by atoms with van der Waals surface area (Å²) >= 11 is 0. The fourth-order valence-electron chi connectivity index (χ4n) is 1.10. The molecule has 4 nitrogen and oxygen atoms in total. The lowest BCUT2D eigenvalue weighted by Gasteiger charge is -2.09. The Morgan fingerprint density at radius 2 is 1.92 bits per heavy atom. The van der Waals surface area contributed by atoms with Gasteiger partial charge in [0.05, 0.1) is 11.4 Å². The second kappa shape index (κ2) is 2.73. The molecule has 7 N–H and O–H groups in total. The van der Waals surface area contributed by atoms with Crippen molar-refractivity contribution in [3.63, 3.8) is 0 Å². The molecule has 12 heavy (non-hydrogen) atoms. The maximum atomic E-state index is 7.26. The largest absolute Gasteiger partial charge is 0.397 e. The van der Waals surface area contributed by atoms with Gasteiger partial charge in [-0.05, 0) is 18.6 Å². The highest BCUT2D eigenvalue weighted by Gasteiger charge is 2.08. The molecule has 0 aliphatic rings. The highest BCUT2D eigenvalue weighted by molar-refractivity contribution is 6.03. The van der Waals surface area contributed by atoms with Gasteiger partial charge in [-0.3, -0.25) is 5.41 Å². The van der Waals surface area contributed by atoms with Gasteiger partial charge in [0, 0.05) is 5.56 Å². The van der Waals surface area contributed by atoms with Gasteiger partial charge < -0.3 is 17.2 Å². The number of hydrogen-bond donors (Lipinski definition) is 4. The van der Waals surface area contributed by atoms with Crippen molar-refractivity contribution >= 4 is 17.2 Å². The quantitative estimate of drug-likeness (QED) is 0.275. The van der Waals surface area contributed by atoms with E-state index in [-0.39, 0.29) is 5.84 Å². The Bertz CT molecular complexity index is 330. The number of rotatable bonds is 1. The van der Waals surface area contributed by atoms with E-state index in [9.17, 15) is 0 Å². The highest BCUT2D eigenvalue weighted by atomic mass is 14.7. The number of hydrogen-bond acceptors (Lipinski definition) is 3. The molecule has 0 atom stereocenters. The van der Waals surface area contributed by atoms with Crippen LogP contribution in [-0.2, 0) is 0 Å². The van der Waals surface area contributed by atoms with E-state index in [0.29, 0.717) is 16.9 Å². The number of nitrogens with one attached hydrogen (secondary N) is 1. The van der Waals surface area contributed by atoms with Crippen LogP contribution in [-0.4, -0.2) is 5.84 Å². The maximum Gasteiger partial charge on any atom is 0.125 e. The van der Waals surface area contributed by atoms with Crippen LogP contribution >= 0.6 is 0 Å². The molecule has 0 radical (unpaired) electrons. The van der Waals surface area contributed by atoms with E-state index in [4.69, 9.17) is 22.6 Å². The van der Waals surface area contributed by atoms with Gasteiger partial charge in [-0.2, -0.15) is 0 Å². The molecule has 0 saturated heterocycles. The standard InChI is InChI=1S/C8H12N4/c1-4-2-3-5(9)7(10)6(4)8(11)12/h2-3H,9-10H2,1H3,(H3,11,12). The van der Waals surface area contributed by atoms with Gasteiger partial charge >= 0.3 is 0 Å². The Morgan fingerprint density at radius 3 is 2.33 bits per heavy atom. The second-order valence-corrected chi connectivity index (χ2v) is 2.67. The summed E-state index contributed by atoms with van der Waals surface area (Å²) in [4.78, 5) is 0. The van der Waals surface area contributed by atoms with E-state index in [1.165, 1.54) is 0 Å². The van der Waals surface area contributed by atoms with Crippen molar-refractivity contribution in [2.75, 3.05) is 11.5 Å². The lowest BCUT2D eigenvalue weighted by molar-refractivity contribution is 1.37. The number of nitrogen functional groups attached to an aromatic ring is 3. The first-order valence-electron chi connectivity index (χ1n) is 3.53. The van der Waals surface area contributed by atoms with Crippen molar-refractivity contribution in [3.05, 3.63) is 23.3 Å². The predicted molar refractivity (Wildman–Crippen MR) is 51.0 cm³/mol. The van der Waals surface area contributed by atoms with Gasteiger partial charge in [0.2, 0.25) is 0 Å². The minimum Gasteiger partial charge on any atom is -0.397 e. The van der Waals surface area contributed by atoms with E-state index >= 15 is 0 Å². The fourth-order valence-corrected chi connectivity index (χ4v) is 1.10. The number of amidine groups is 1. The molecule has 64 valence electrons. The summed E-state index contributed by atoms with van der Waals surface area (Å²) in [6.07, 6.45) is 0. The first-order valence-corrected chi connectivity index (χ1v) is 3.53. The van der Waals surface area contributed by atoms with Crippen molar-refractivity contribution < 1.29 is 0 Å². The first kappa shape index (κ1) is 8.39. The van der Waals surface area contributed by atoms with Crippen LogP contribution < -0.4 is 17.2 Å². The van der Waals surface area contributed by atoms with Crippen LogP contribution in [0.3, 0.4) is 0 Å². The molecule has 4 heteroatoms. The van der Waals surface area contributed by atoms with Crippen LogP contribution in [0.4, 0.5) is 11.4 Å². The molecule has 1 rings (SSSR count). The van der Waals surface area contributed by atoms with Crippen molar-refractivity contribution in [1.82, 2.24) is 0 Å². The molecule has 0 heterocycles. The van der Waals surface area contributed by atoms with Crippen LogP contribution in [0.2, 0.25) is 0 Å². The molecule has 0 spiro atoms. The van der Waals surface area contributed by atoms with E-state index in [1.54, 1.807) is 12.1 Å². The minimum atomic E-state index is -0.0442. The summed E-state index contributed by atoms with van der Waals surface area (Å²) in [7, 11) is 0. The Morgan fingerprint density at radius 1 is 1.33 bits per heavy atom. The van der Waals surface area contributed by atoms with Crippen LogP contribution in [0, 0.1) is 12.3 Å². The molecule has 0 amide bonds. The van der Waals surface area contributed by atoms with Gasteiger partial charge in [-0.15, -0.1) is 0 Å². The molecule has 0 unspecified atom stereocenters. The first-order chi connectivity index (χ1) is 5.54. The maximum absolute atomic E-state index is 7.26. The van der Waals surface area contributed by atoms with E-state index < -0.39 is 0 Å². The Balaban J connectivity index is 3.43. The van der Waals surface area contributed by atoms with Gasteiger partial charge in [0.25, 0.3) is 0 Å².